The van der Waals surface area contributed by atoms with Crippen LogP contribution in [0.15, 0.2) is 47.6 Å². The summed E-state index contributed by atoms with van der Waals surface area (Å²) in [5, 5.41) is 4.19. The van der Waals surface area contributed by atoms with E-state index in [1.807, 2.05) is 30.3 Å². The van der Waals surface area contributed by atoms with E-state index in [9.17, 15) is 8.42 Å². The van der Waals surface area contributed by atoms with Crippen molar-refractivity contribution < 1.29 is 13.2 Å². The average molecular weight is 349 g/mol. The van der Waals surface area contributed by atoms with E-state index in [1.54, 1.807) is 17.9 Å². The number of nitrogens with zero attached hydrogens (tertiary/aromatic N) is 3. The summed E-state index contributed by atoms with van der Waals surface area (Å²) in [6, 6.07) is 9.83. The molecule has 2 heterocycles. The maximum Gasteiger partial charge on any atom is 0.246 e. The first-order valence-electron chi connectivity index (χ1n) is 8.20. The minimum Gasteiger partial charge on any atom is -0.377 e. The first-order chi connectivity index (χ1) is 11.6. The third-order valence-electron chi connectivity index (χ3n) is 4.24. The minimum absolute atomic E-state index is 0.0158. The summed E-state index contributed by atoms with van der Waals surface area (Å²) < 4.78 is 34.0. The van der Waals surface area contributed by atoms with Crippen molar-refractivity contribution in [1.29, 1.82) is 0 Å². The maximum absolute atomic E-state index is 12.7. The van der Waals surface area contributed by atoms with E-state index in [2.05, 4.69) is 5.10 Å². The Morgan fingerprint density at radius 2 is 2.08 bits per heavy atom. The summed E-state index contributed by atoms with van der Waals surface area (Å²) in [5.41, 5.74) is 1.08. The van der Waals surface area contributed by atoms with Crippen molar-refractivity contribution >= 4 is 10.0 Å². The van der Waals surface area contributed by atoms with E-state index >= 15 is 0 Å². The van der Waals surface area contributed by atoms with Gasteiger partial charge in [-0.1, -0.05) is 30.3 Å². The van der Waals surface area contributed by atoms with Crippen LogP contribution in [0.25, 0.3) is 0 Å². The lowest BCUT2D eigenvalue weighted by atomic mass is 10.1. The van der Waals surface area contributed by atoms with Crippen LogP contribution < -0.4 is 0 Å². The van der Waals surface area contributed by atoms with Gasteiger partial charge in [-0.2, -0.15) is 9.40 Å². The average Bonchev–Trinajstić information content (AvgIpc) is 3.06. The van der Waals surface area contributed by atoms with Crippen LogP contribution in [-0.4, -0.2) is 48.8 Å². The molecule has 0 spiro atoms. The molecule has 1 atom stereocenters. The topological polar surface area (TPSA) is 64.4 Å². The van der Waals surface area contributed by atoms with Crippen LogP contribution in [0.3, 0.4) is 0 Å². The van der Waals surface area contributed by atoms with Crippen LogP contribution in [0.2, 0.25) is 0 Å². The molecule has 0 N–H and O–H groups in total. The number of benzene rings is 1. The van der Waals surface area contributed by atoms with Crippen LogP contribution in [0.1, 0.15) is 24.8 Å². The molecule has 24 heavy (non-hydrogen) atoms. The Morgan fingerprint density at radius 1 is 1.29 bits per heavy atom. The van der Waals surface area contributed by atoms with Gasteiger partial charge in [0.2, 0.25) is 10.0 Å². The van der Waals surface area contributed by atoms with Crippen molar-refractivity contribution in [2.45, 2.75) is 36.8 Å². The molecule has 1 aliphatic rings. The fraction of sp³-hybridized carbons (Fsp3) is 0.471. The van der Waals surface area contributed by atoms with Gasteiger partial charge in [0.15, 0.2) is 0 Å². The molecule has 130 valence electrons. The Kier molecular flexibility index (Phi) is 5.33. The van der Waals surface area contributed by atoms with Gasteiger partial charge in [-0.3, -0.25) is 4.68 Å². The molecule has 1 aromatic heterocycles. The zero-order chi connectivity index (χ0) is 17.0. The van der Waals surface area contributed by atoms with Crippen LogP contribution in [0.5, 0.6) is 0 Å². The van der Waals surface area contributed by atoms with Gasteiger partial charge >= 0.3 is 0 Å². The number of hydrogen-bond donors (Lipinski definition) is 0. The van der Waals surface area contributed by atoms with Crippen molar-refractivity contribution in [1.82, 2.24) is 14.1 Å². The Hall–Kier alpha value is -1.70. The van der Waals surface area contributed by atoms with E-state index in [4.69, 9.17) is 4.74 Å². The summed E-state index contributed by atoms with van der Waals surface area (Å²) in [7, 11) is -1.94. The Bertz CT molecular complexity index is 752. The first-order valence-corrected chi connectivity index (χ1v) is 9.64. The molecule has 0 aliphatic carbocycles. The number of sulfonamides is 1. The Balaban J connectivity index is 1.68. The molecule has 2 aromatic rings. The van der Waals surface area contributed by atoms with Crippen molar-refractivity contribution in [3.05, 3.63) is 48.3 Å². The fourth-order valence-electron chi connectivity index (χ4n) is 2.85. The number of aromatic nitrogens is 2. The highest BCUT2D eigenvalue weighted by Crippen LogP contribution is 2.18. The molecule has 0 saturated carbocycles. The lowest BCUT2D eigenvalue weighted by molar-refractivity contribution is 0.00858. The van der Waals surface area contributed by atoms with Gasteiger partial charge < -0.3 is 4.74 Å². The zero-order valence-electron chi connectivity index (χ0n) is 13.8. The third-order valence-corrected chi connectivity index (χ3v) is 6.02. The summed E-state index contributed by atoms with van der Waals surface area (Å²) in [6.45, 7) is 1.64. The lowest BCUT2D eigenvalue weighted by Gasteiger charge is -2.26. The summed E-state index contributed by atoms with van der Waals surface area (Å²) >= 11 is 0. The molecule has 1 aliphatic heterocycles. The van der Waals surface area contributed by atoms with Crippen molar-refractivity contribution in [2.75, 3.05) is 20.2 Å². The van der Waals surface area contributed by atoms with Crippen LogP contribution in [-0.2, 0) is 21.3 Å². The van der Waals surface area contributed by atoms with Gasteiger partial charge in [-0.25, -0.2) is 8.42 Å². The standard InChI is InChI=1S/C17H23N3O3S/c1-19(13-16-9-5-6-10-23-16)24(21,22)17-11-18-20(14-17)12-15-7-3-2-4-8-15/h2-4,7-8,11,14,16H,5-6,9-10,12-13H2,1H3. The monoisotopic (exact) mass is 349 g/mol. The highest BCUT2D eigenvalue weighted by atomic mass is 32.2. The zero-order valence-corrected chi connectivity index (χ0v) is 14.7. The number of ether oxygens (including phenoxy) is 1. The maximum atomic E-state index is 12.7. The quantitative estimate of drug-likeness (QED) is 0.801. The molecular weight excluding hydrogens is 326 g/mol. The Morgan fingerprint density at radius 3 is 2.79 bits per heavy atom. The second-order valence-corrected chi connectivity index (χ2v) is 8.18. The smallest absolute Gasteiger partial charge is 0.246 e. The summed E-state index contributed by atoms with van der Waals surface area (Å²) in [4.78, 5) is 0.219. The largest absolute Gasteiger partial charge is 0.377 e. The normalized spacial score (nSPS) is 18.8. The van der Waals surface area contributed by atoms with Crippen molar-refractivity contribution in [2.24, 2.45) is 0 Å². The van der Waals surface area contributed by atoms with Gasteiger partial charge in [-0.15, -0.1) is 0 Å². The third kappa shape index (κ3) is 4.03. The molecule has 0 bridgehead atoms. The fourth-order valence-corrected chi connectivity index (χ4v) is 4.01. The molecule has 1 unspecified atom stereocenters. The number of hydrogen-bond acceptors (Lipinski definition) is 4. The predicted octanol–water partition coefficient (Wildman–Crippen LogP) is 2.12. The van der Waals surface area contributed by atoms with E-state index in [0.717, 1.165) is 24.8 Å². The van der Waals surface area contributed by atoms with Crippen molar-refractivity contribution in [3.63, 3.8) is 0 Å². The summed E-state index contributed by atoms with van der Waals surface area (Å²) in [5.74, 6) is 0. The molecule has 1 fully saturated rings. The molecule has 6 nitrogen and oxygen atoms in total. The molecule has 1 saturated heterocycles. The van der Waals surface area contributed by atoms with Gasteiger partial charge in [0.1, 0.15) is 4.90 Å². The summed E-state index contributed by atoms with van der Waals surface area (Å²) in [6.07, 6.45) is 6.04. The number of likely N-dealkylation sites (N-methyl/N-ethyl adjacent to an activating group) is 1. The van der Waals surface area contributed by atoms with Crippen LogP contribution >= 0.6 is 0 Å². The molecule has 3 rings (SSSR count). The first kappa shape index (κ1) is 17.1. The molecule has 0 amide bonds. The number of rotatable bonds is 6. The van der Waals surface area contributed by atoms with Crippen molar-refractivity contribution in [3.8, 4) is 0 Å². The molecule has 0 radical (unpaired) electrons. The van der Waals surface area contributed by atoms with E-state index in [0.29, 0.717) is 19.7 Å². The van der Waals surface area contributed by atoms with E-state index in [1.165, 1.54) is 10.5 Å². The highest BCUT2D eigenvalue weighted by Gasteiger charge is 2.26. The second-order valence-electron chi connectivity index (χ2n) is 6.13. The lowest BCUT2D eigenvalue weighted by Crippen LogP contribution is -2.37. The SMILES string of the molecule is CN(CC1CCCCO1)S(=O)(=O)c1cnn(Cc2ccccc2)c1. The van der Waals surface area contributed by atoms with Crippen LogP contribution in [0.4, 0.5) is 0 Å². The minimum atomic E-state index is -3.54. The van der Waals surface area contributed by atoms with Gasteiger partial charge in [-0.05, 0) is 24.8 Å². The highest BCUT2D eigenvalue weighted by molar-refractivity contribution is 7.89. The van der Waals surface area contributed by atoms with Gasteiger partial charge in [0.25, 0.3) is 0 Å². The van der Waals surface area contributed by atoms with Gasteiger partial charge in [0.05, 0.1) is 18.8 Å². The Labute approximate surface area is 143 Å². The van der Waals surface area contributed by atoms with E-state index < -0.39 is 10.0 Å². The predicted molar refractivity (Wildman–Crippen MR) is 91.2 cm³/mol. The molecule has 1 aromatic carbocycles. The second kappa shape index (κ2) is 7.46. The van der Waals surface area contributed by atoms with E-state index in [-0.39, 0.29) is 11.0 Å². The van der Waals surface area contributed by atoms with Crippen LogP contribution in [0, 0.1) is 0 Å². The molecule has 7 heteroatoms. The molecular formula is C17H23N3O3S. The van der Waals surface area contributed by atoms with Gasteiger partial charge in [0, 0.05) is 26.4 Å².